The Labute approximate surface area is 218 Å². The van der Waals surface area contributed by atoms with Crippen LogP contribution in [-0.4, -0.2) is 71.4 Å². The van der Waals surface area contributed by atoms with Crippen molar-refractivity contribution in [1.29, 1.82) is 0 Å². The molecular formula is C26H36N6O4S. The van der Waals surface area contributed by atoms with Gasteiger partial charge in [-0.15, -0.1) is 0 Å². The Bertz CT molecular complexity index is 1370. The Balaban J connectivity index is 0.00000336. The van der Waals surface area contributed by atoms with Crippen molar-refractivity contribution in [3.8, 4) is 5.82 Å². The van der Waals surface area contributed by atoms with Crippen molar-refractivity contribution in [2.24, 2.45) is 5.92 Å². The molecule has 200 valence electrons. The average molecular weight is 529 g/mol. The van der Waals surface area contributed by atoms with E-state index in [0.717, 1.165) is 42.3 Å². The molecule has 3 aromatic rings. The number of rotatable bonds is 7. The van der Waals surface area contributed by atoms with Crippen molar-refractivity contribution in [3.63, 3.8) is 0 Å². The monoisotopic (exact) mass is 528 g/mol. The van der Waals surface area contributed by atoms with E-state index in [2.05, 4.69) is 26.4 Å². The highest BCUT2D eigenvalue weighted by Crippen LogP contribution is 2.31. The minimum absolute atomic E-state index is 0. The van der Waals surface area contributed by atoms with Gasteiger partial charge in [-0.2, -0.15) is 10.1 Å². The molecular weight excluding hydrogens is 492 g/mol. The van der Waals surface area contributed by atoms with Gasteiger partial charge in [-0.05, 0) is 57.6 Å². The Morgan fingerprint density at radius 1 is 1.14 bits per heavy atom. The van der Waals surface area contributed by atoms with E-state index in [1.54, 1.807) is 6.20 Å². The van der Waals surface area contributed by atoms with Gasteiger partial charge < -0.3 is 15.0 Å². The highest BCUT2D eigenvalue weighted by Gasteiger charge is 2.29. The summed E-state index contributed by atoms with van der Waals surface area (Å²) in [6, 6.07) is 8.12. The number of nitrogens with one attached hydrogen (secondary N) is 1. The molecule has 11 heteroatoms. The fourth-order valence-corrected chi connectivity index (χ4v) is 6.54. The summed E-state index contributed by atoms with van der Waals surface area (Å²) in [6.45, 7) is 3.65. The molecule has 37 heavy (non-hydrogen) atoms. The number of nitrogens with zero attached hydrogens (tertiary/aromatic N) is 5. The van der Waals surface area contributed by atoms with E-state index in [-0.39, 0.29) is 24.6 Å². The van der Waals surface area contributed by atoms with Gasteiger partial charge in [0.15, 0.2) is 5.82 Å². The number of piperidine rings is 1. The van der Waals surface area contributed by atoms with E-state index >= 15 is 0 Å². The molecule has 1 aliphatic carbocycles. The minimum atomic E-state index is -3.01. The summed E-state index contributed by atoms with van der Waals surface area (Å²) in [5, 5.41) is 8.80. The van der Waals surface area contributed by atoms with Crippen LogP contribution in [0.25, 0.3) is 16.7 Å². The molecule has 2 aromatic heterocycles. The van der Waals surface area contributed by atoms with E-state index in [1.165, 1.54) is 6.26 Å². The molecule has 2 fully saturated rings. The fourth-order valence-electron chi connectivity index (χ4n) is 5.47. The topological polar surface area (TPSA) is 119 Å². The number of carbonyl (C=O) groups excluding carboxylic acids is 1. The molecule has 0 atom stereocenters. The lowest BCUT2D eigenvalue weighted by Gasteiger charge is -2.33. The second kappa shape index (κ2) is 10.6. The third kappa shape index (κ3) is 5.56. The first kappa shape index (κ1) is 25.4. The normalized spacial score (nSPS) is 21.2. The molecule has 1 saturated carbocycles. The molecule has 1 aromatic carbocycles. The summed E-state index contributed by atoms with van der Waals surface area (Å²) < 4.78 is 30.9. The third-order valence-electron chi connectivity index (χ3n) is 7.52. The van der Waals surface area contributed by atoms with Crippen molar-refractivity contribution >= 4 is 38.3 Å². The number of esters is 1. The van der Waals surface area contributed by atoms with Crippen LogP contribution in [0, 0.1) is 5.92 Å². The van der Waals surface area contributed by atoms with Crippen LogP contribution in [0.5, 0.6) is 0 Å². The van der Waals surface area contributed by atoms with Gasteiger partial charge in [0.1, 0.15) is 9.84 Å². The minimum Gasteiger partial charge on any atom is -0.466 e. The van der Waals surface area contributed by atoms with Crippen LogP contribution >= 0.6 is 0 Å². The van der Waals surface area contributed by atoms with Crippen LogP contribution < -0.4 is 10.2 Å². The molecule has 2 aliphatic rings. The molecule has 1 aliphatic heterocycles. The second-order valence-corrected chi connectivity index (χ2v) is 12.3. The zero-order chi connectivity index (χ0) is 26.0. The maximum Gasteiger partial charge on any atom is 0.308 e. The van der Waals surface area contributed by atoms with Gasteiger partial charge in [-0.25, -0.2) is 18.1 Å². The Hall–Kier alpha value is -3.21. The molecule has 0 unspecified atom stereocenters. The Kier molecular flexibility index (Phi) is 7.32. The smallest absolute Gasteiger partial charge is 0.308 e. The lowest BCUT2D eigenvalue weighted by molar-refractivity contribution is -0.149. The number of benzene rings is 1. The number of hydrogen-bond acceptors (Lipinski definition) is 9. The number of sulfone groups is 1. The Morgan fingerprint density at radius 2 is 1.89 bits per heavy atom. The number of carbonyl (C=O) groups is 1. The average Bonchev–Trinajstić information content (AvgIpc) is 3.33. The van der Waals surface area contributed by atoms with Gasteiger partial charge in [0.25, 0.3) is 0 Å². The van der Waals surface area contributed by atoms with Crippen molar-refractivity contribution in [1.82, 2.24) is 19.7 Å². The summed E-state index contributed by atoms with van der Waals surface area (Å²) in [7, 11) is -3.01. The number of hydrogen-bond donors (Lipinski definition) is 1. The van der Waals surface area contributed by atoms with Crippen LogP contribution in [0.2, 0.25) is 0 Å². The van der Waals surface area contributed by atoms with Gasteiger partial charge in [0.2, 0.25) is 5.95 Å². The van der Waals surface area contributed by atoms with Gasteiger partial charge in [-0.1, -0.05) is 6.07 Å². The molecule has 0 radical (unpaired) electrons. The number of anilines is 2. The SMILES string of the molecule is CCOC(=O)C1CCC(Nc2nccc(-n3ncc4c(N5CCC(S(C)(=O)=O)CC5)cccc43)n2)CC1.[HH]. The first-order valence-corrected chi connectivity index (χ1v) is 15.0. The van der Waals surface area contributed by atoms with E-state index in [9.17, 15) is 13.2 Å². The highest BCUT2D eigenvalue weighted by molar-refractivity contribution is 7.91. The summed E-state index contributed by atoms with van der Waals surface area (Å²) in [5.74, 6) is 1.09. The van der Waals surface area contributed by atoms with E-state index in [0.29, 0.717) is 44.3 Å². The molecule has 3 heterocycles. The summed E-state index contributed by atoms with van der Waals surface area (Å²) >= 11 is 0. The van der Waals surface area contributed by atoms with E-state index in [1.807, 2.05) is 36.0 Å². The van der Waals surface area contributed by atoms with Crippen molar-refractivity contribution in [2.75, 3.05) is 36.2 Å². The van der Waals surface area contributed by atoms with Gasteiger partial charge >= 0.3 is 5.97 Å². The van der Waals surface area contributed by atoms with Gasteiger partial charge in [0.05, 0.1) is 29.5 Å². The lowest BCUT2D eigenvalue weighted by Crippen LogP contribution is -2.39. The maximum absolute atomic E-state index is 12.0. The Morgan fingerprint density at radius 3 is 2.59 bits per heavy atom. The van der Waals surface area contributed by atoms with Gasteiger partial charge in [-0.3, -0.25) is 4.79 Å². The fraction of sp³-hybridized carbons (Fsp3) is 0.538. The van der Waals surface area contributed by atoms with Crippen molar-refractivity contribution in [2.45, 2.75) is 56.7 Å². The second-order valence-electron chi connectivity index (χ2n) is 9.97. The maximum atomic E-state index is 12.0. The molecule has 0 bridgehead atoms. The highest BCUT2D eigenvalue weighted by atomic mass is 32.2. The summed E-state index contributed by atoms with van der Waals surface area (Å²) in [6.07, 6.45) is 9.48. The van der Waals surface area contributed by atoms with E-state index in [4.69, 9.17) is 9.72 Å². The van der Waals surface area contributed by atoms with Crippen LogP contribution in [0.15, 0.2) is 36.7 Å². The molecule has 1 N–H and O–H groups in total. The molecule has 0 amide bonds. The zero-order valence-electron chi connectivity index (χ0n) is 21.3. The third-order valence-corrected chi connectivity index (χ3v) is 9.20. The first-order chi connectivity index (χ1) is 17.8. The standard InChI is InChI=1S/C26H34N6O4S.H2/c1-3-36-25(33)18-7-9-19(10-8-18)29-26-27-14-11-24(30-26)32-23-6-4-5-22(21(23)17-28-32)31-15-12-20(13-16-31)37(2,34)35;/h4-6,11,14,17-20H,3,7-10,12-13,15-16H2,1-2H3,(H,27,29,30);1H. The lowest BCUT2D eigenvalue weighted by atomic mass is 9.86. The van der Waals surface area contributed by atoms with Gasteiger partial charge in [0, 0.05) is 50.2 Å². The predicted octanol–water partition coefficient (Wildman–Crippen LogP) is 3.61. The van der Waals surface area contributed by atoms with Crippen LogP contribution in [-0.2, 0) is 19.4 Å². The van der Waals surface area contributed by atoms with Crippen LogP contribution in [0.4, 0.5) is 11.6 Å². The first-order valence-electron chi connectivity index (χ1n) is 13.0. The molecule has 5 rings (SSSR count). The molecule has 10 nitrogen and oxygen atoms in total. The zero-order valence-corrected chi connectivity index (χ0v) is 22.2. The quantitative estimate of drug-likeness (QED) is 0.459. The summed E-state index contributed by atoms with van der Waals surface area (Å²) in [5.41, 5.74) is 1.99. The van der Waals surface area contributed by atoms with E-state index < -0.39 is 9.84 Å². The van der Waals surface area contributed by atoms with Crippen LogP contribution in [0.3, 0.4) is 0 Å². The summed E-state index contributed by atoms with van der Waals surface area (Å²) in [4.78, 5) is 23.4. The number of fused-ring (bicyclic) bond motifs is 1. The molecule has 1 saturated heterocycles. The van der Waals surface area contributed by atoms with Crippen molar-refractivity contribution in [3.05, 3.63) is 36.7 Å². The predicted molar refractivity (Wildman–Crippen MR) is 145 cm³/mol. The number of ether oxygens (including phenoxy) is 1. The van der Waals surface area contributed by atoms with Crippen LogP contribution in [0.1, 0.15) is 46.9 Å². The van der Waals surface area contributed by atoms with Crippen molar-refractivity contribution < 1.29 is 19.4 Å². The molecule has 0 spiro atoms. The number of aromatic nitrogens is 4. The largest absolute Gasteiger partial charge is 0.466 e.